The van der Waals surface area contributed by atoms with Crippen molar-refractivity contribution in [3.8, 4) is 0 Å². The summed E-state index contributed by atoms with van der Waals surface area (Å²) in [6.45, 7) is 1.35. The minimum Gasteiger partial charge on any atom is -0.378 e. The van der Waals surface area contributed by atoms with Crippen molar-refractivity contribution in [3.05, 3.63) is 21.0 Å². The second-order valence-electron chi connectivity index (χ2n) is 5.55. The van der Waals surface area contributed by atoms with E-state index in [1.165, 1.54) is 4.68 Å². The van der Waals surface area contributed by atoms with Crippen molar-refractivity contribution >= 4 is 21.6 Å². The number of hydrogen-bond donors (Lipinski definition) is 2. The molecule has 1 saturated carbocycles. The number of halogens is 1. The number of nitrogens with one attached hydrogen (secondary N) is 1. The maximum atomic E-state index is 12.2. The second kappa shape index (κ2) is 6.69. The van der Waals surface area contributed by atoms with E-state index in [9.17, 15) is 4.79 Å². The molecule has 3 N–H and O–H groups in total. The van der Waals surface area contributed by atoms with Gasteiger partial charge >= 0.3 is 0 Å². The zero-order valence-corrected chi connectivity index (χ0v) is 13.6. The van der Waals surface area contributed by atoms with Crippen LogP contribution < -0.4 is 16.6 Å². The topological polar surface area (TPSA) is 76.2 Å². The number of likely N-dealkylation sites (N-methyl/N-ethyl adjacent to an activating group) is 1. The molecule has 1 aliphatic rings. The number of nitrogens with zero attached hydrogens (tertiary/aromatic N) is 3. The Morgan fingerprint density at radius 1 is 1.55 bits per heavy atom. The first-order chi connectivity index (χ1) is 9.49. The van der Waals surface area contributed by atoms with Gasteiger partial charge in [0.15, 0.2) is 0 Å². The molecule has 1 heterocycles. The Bertz CT molecular complexity index is 516. The van der Waals surface area contributed by atoms with Crippen LogP contribution in [0, 0.1) is 0 Å². The van der Waals surface area contributed by atoms with Crippen molar-refractivity contribution in [2.45, 2.75) is 37.9 Å². The standard InChI is InChI=1S/C13H22BrN5O/c1-18(2)6-7-19-13(20)12(14)11(8-16-19)17-10-5-3-4-9(10)15/h8-10,17H,3-7,15H2,1-2H3. The van der Waals surface area contributed by atoms with Crippen molar-refractivity contribution in [3.63, 3.8) is 0 Å². The highest BCUT2D eigenvalue weighted by atomic mass is 79.9. The molecule has 20 heavy (non-hydrogen) atoms. The van der Waals surface area contributed by atoms with E-state index in [4.69, 9.17) is 5.73 Å². The lowest BCUT2D eigenvalue weighted by atomic mass is 10.2. The van der Waals surface area contributed by atoms with Crippen molar-refractivity contribution in [1.82, 2.24) is 14.7 Å². The normalized spacial score (nSPS) is 22.4. The van der Waals surface area contributed by atoms with Gasteiger partial charge in [-0.2, -0.15) is 5.10 Å². The number of anilines is 1. The number of rotatable bonds is 5. The average Bonchev–Trinajstić information content (AvgIpc) is 2.79. The lowest BCUT2D eigenvalue weighted by molar-refractivity contribution is 0.367. The fourth-order valence-electron chi connectivity index (χ4n) is 2.39. The minimum atomic E-state index is -0.108. The van der Waals surface area contributed by atoms with E-state index < -0.39 is 0 Å². The third-order valence-corrected chi connectivity index (χ3v) is 4.42. The molecule has 0 bridgehead atoms. The largest absolute Gasteiger partial charge is 0.378 e. The molecule has 1 fully saturated rings. The Kier molecular flexibility index (Phi) is 5.17. The molecular weight excluding hydrogens is 322 g/mol. The van der Waals surface area contributed by atoms with Crippen LogP contribution in [0.15, 0.2) is 15.5 Å². The van der Waals surface area contributed by atoms with E-state index in [-0.39, 0.29) is 17.6 Å². The van der Waals surface area contributed by atoms with Crippen LogP contribution in [0.5, 0.6) is 0 Å². The zero-order valence-electron chi connectivity index (χ0n) is 12.0. The van der Waals surface area contributed by atoms with Gasteiger partial charge in [-0.3, -0.25) is 4.79 Å². The summed E-state index contributed by atoms with van der Waals surface area (Å²) in [7, 11) is 3.94. The van der Waals surface area contributed by atoms with Gasteiger partial charge in [0, 0.05) is 18.6 Å². The van der Waals surface area contributed by atoms with Gasteiger partial charge in [-0.1, -0.05) is 0 Å². The van der Waals surface area contributed by atoms with E-state index in [1.54, 1.807) is 6.20 Å². The SMILES string of the molecule is CN(C)CCn1ncc(NC2CCCC2N)c(Br)c1=O. The third kappa shape index (κ3) is 3.59. The zero-order chi connectivity index (χ0) is 14.7. The Hall–Kier alpha value is -0.920. The molecule has 6 nitrogen and oxygen atoms in total. The van der Waals surface area contributed by atoms with Gasteiger partial charge in [0.1, 0.15) is 4.47 Å². The van der Waals surface area contributed by atoms with E-state index in [0.717, 1.165) is 31.5 Å². The molecule has 0 radical (unpaired) electrons. The molecule has 0 amide bonds. The summed E-state index contributed by atoms with van der Waals surface area (Å²) in [6.07, 6.45) is 4.90. The molecule has 2 atom stereocenters. The van der Waals surface area contributed by atoms with Gasteiger partial charge in [0.05, 0.1) is 18.4 Å². The van der Waals surface area contributed by atoms with E-state index in [0.29, 0.717) is 11.0 Å². The quantitative estimate of drug-likeness (QED) is 0.829. The summed E-state index contributed by atoms with van der Waals surface area (Å²) >= 11 is 3.38. The van der Waals surface area contributed by atoms with Crippen LogP contribution in [0.1, 0.15) is 19.3 Å². The molecule has 0 spiro atoms. The Labute approximate surface area is 127 Å². The van der Waals surface area contributed by atoms with Crippen LogP contribution in [-0.2, 0) is 6.54 Å². The highest BCUT2D eigenvalue weighted by Gasteiger charge is 2.24. The predicted octanol–water partition coefficient (Wildman–Crippen LogP) is 0.859. The Morgan fingerprint density at radius 3 is 2.90 bits per heavy atom. The molecule has 0 aliphatic heterocycles. The molecule has 0 saturated heterocycles. The van der Waals surface area contributed by atoms with E-state index in [2.05, 4.69) is 26.3 Å². The first-order valence-corrected chi connectivity index (χ1v) is 7.71. The summed E-state index contributed by atoms with van der Waals surface area (Å²) in [6, 6.07) is 0.378. The first-order valence-electron chi connectivity index (χ1n) is 6.91. The van der Waals surface area contributed by atoms with E-state index in [1.807, 2.05) is 19.0 Å². The summed E-state index contributed by atoms with van der Waals surface area (Å²) in [5.74, 6) is 0. The highest BCUT2D eigenvalue weighted by Crippen LogP contribution is 2.24. The summed E-state index contributed by atoms with van der Waals surface area (Å²) in [5.41, 5.74) is 6.67. The number of aromatic nitrogens is 2. The molecule has 1 aliphatic carbocycles. The molecule has 1 aromatic rings. The summed E-state index contributed by atoms with van der Waals surface area (Å²) in [4.78, 5) is 14.2. The number of hydrogen-bond acceptors (Lipinski definition) is 5. The highest BCUT2D eigenvalue weighted by molar-refractivity contribution is 9.10. The summed E-state index contributed by atoms with van der Waals surface area (Å²) < 4.78 is 2.01. The van der Waals surface area contributed by atoms with Gasteiger partial charge in [-0.25, -0.2) is 4.68 Å². The van der Waals surface area contributed by atoms with Gasteiger partial charge in [0.25, 0.3) is 5.56 Å². The Morgan fingerprint density at radius 2 is 2.30 bits per heavy atom. The van der Waals surface area contributed by atoms with Crippen molar-refractivity contribution < 1.29 is 0 Å². The van der Waals surface area contributed by atoms with Crippen LogP contribution in [0.2, 0.25) is 0 Å². The Balaban J connectivity index is 2.12. The van der Waals surface area contributed by atoms with Gasteiger partial charge in [-0.05, 0) is 49.3 Å². The van der Waals surface area contributed by atoms with Crippen LogP contribution in [0.3, 0.4) is 0 Å². The minimum absolute atomic E-state index is 0.108. The smallest absolute Gasteiger partial charge is 0.283 e. The molecule has 2 unspecified atom stereocenters. The van der Waals surface area contributed by atoms with Gasteiger partial charge < -0.3 is 16.0 Å². The maximum absolute atomic E-state index is 12.2. The lowest BCUT2D eigenvalue weighted by Crippen LogP contribution is -2.36. The average molecular weight is 344 g/mol. The van der Waals surface area contributed by atoms with Crippen LogP contribution in [0.25, 0.3) is 0 Å². The maximum Gasteiger partial charge on any atom is 0.283 e. The molecule has 2 rings (SSSR count). The van der Waals surface area contributed by atoms with Gasteiger partial charge in [-0.15, -0.1) is 0 Å². The molecule has 112 valence electrons. The molecular formula is C13H22BrN5O. The van der Waals surface area contributed by atoms with Crippen molar-refractivity contribution in [1.29, 1.82) is 0 Å². The van der Waals surface area contributed by atoms with Crippen molar-refractivity contribution in [2.24, 2.45) is 5.73 Å². The first kappa shape index (κ1) is 15.5. The second-order valence-corrected chi connectivity index (χ2v) is 6.34. The monoisotopic (exact) mass is 343 g/mol. The van der Waals surface area contributed by atoms with Crippen molar-refractivity contribution in [2.75, 3.05) is 26.0 Å². The molecule has 1 aromatic heterocycles. The lowest BCUT2D eigenvalue weighted by Gasteiger charge is -2.19. The fraction of sp³-hybridized carbons (Fsp3) is 0.692. The van der Waals surface area contributed by atoms with Crippen LogP contribution >= 0.6 is 15.9 Å². The summed E-state index contributed by atoms with van der Waals surface area (Å²) in [5, 5.41) is 7.56. The van der Waals surface area contributed by atoms with Crippen LogP contribution in [0.4, 0.5) is 5.69 Å². The van der Waals surface area contributed by atoms with Crippen LogP contribution in [-0.4, -0.2) is 47.4 Å². The molecule has 0 aromatic carbocycles. The number of nitrogens with two attached hydrogens (primary N) is 1. The molecule has 7 heteroatoms. The fourth-order valence-corrected chi connectivity index (χ4v) is 2.81. The van der Waals surface area contributed by atoms with Gasteiger partial charge in [0.2, 0.25) is 0 Å². The van der Waals surface area contributed by atoms with E-state index >= 15 is 0 Å². The third-order valence-electron chi connectivity index (χ3n) is 3.65. The predicted molar refractivity (Wildman–Crippen MR) is 84.0 cm³/mol.